The lowest BCUT2D eigenvalue weighted by molar-refractivity contribution is 0.0393. The van der Waals surface area contributed by atoms with Gasteiger partial charge in [-0.25, -0.2) is 0 Å². The van der Waals surface area contributed by atoms with Crippen LogP contribution in [0.25, 0.3) is 0 Å². The Morgan fingerprint density at radius 3 is 1.06 bits per heavy atom. The molecule has 0 spiro atoms. The summed E-state index contributed by atoms with van der Waals surface area (Å²) in [5, 5.41) is 0. The Hall–Kier alpha value is 0.217. The molecular weight excluding hydrogens is 424 g/mol. The molecule has 4 rings (SSSR count). The van der Waals surface area contributed by atoms with Crippen molar-refractivity contribution < 1.29 is 0 Å². The zero-order chi connectivity index (χ0) is 24.3. The van der Waals surface area contributed by atoms with Gasteiger partial charge < -0.3 is 0 Å². The lowest BCUT2D eigenvalue weighted by Gasteiger charge is -2.47. The van der Waals surface area contributed by atoms with Gasteiger partial charge in [0, 0.05) is 8.07 Å². The molecule has 2 atom stereocenters. The Bertz CT molecular complexity index is 566. The van der Waals surface area contributed by atoms with E-state index >= 15 is 0 Å². The van der Waals surface area contributed by atoms with E-state index < -0.39 is 8.07 Å². The Morgan fingerprint density at radius 1 is 0.441 bits per heavy atom. The van der Waals surface area contributed by atoms with Gasteiger partial charge in [-0.3, -0.25) is 0 Å². The zero-order valence-electron chi connectivity index (χ0n) is 24.3. The van der Waals surface area contributed by atoms with Crippen LogP contribution in [0.5, 0.6) is 0 Å². The number of hydrogen-bond donors (Lipinski definition) is 0. The molecule has 0 bridgehead atoms. The lowest BCUT2D eigenvalue weighted by Crippen LogP contribution is -2.37. The molecule has 0 heterocycles. The molecule has 0 aromatic rings. The molecule has 0 aromatic carbocycles. The van der Waals surface area contributed by atoms with Gasteiger partial charge in [0.05, 0.1) is 0 Å². The van der Waals surface area contributed by atoms with E-state index in [1.165, 1.54) is 19.3 Å². The van der Waals surface area contributed by atoms with Gasteiger partial charge in [-0.2, -0.15) is 0 Å². The minimum absolute atomic E-state index is 0.905. The maximum absolute atomic E-state index is 2.61. The zero-order valence-corrected chi connectivity index (χ0v) is 25.3. The highest BCUT2D eigenvalue weighted by molar-refractivity contribution is 6.77. The van der Waals surface area contributed by atoms with Gasteiger partial charge in [0.1, 0.15) is 0 Å². The van der Waals surface area contributed by atoms with Crippen molar-refractivity contribution in [1.29, 1.82) is 0 Å². The van der Waals surface area contributed by atoms with Gasteiger partial charge in [0.2, 0.25) is 0 Å². The maximum Gasteiger partial charge on any atom is 0.0473 e. The molecule has 4 saturated carbocycles. The van der Waals surface area contributed by atoms with Crippen molar-refractivity contribution >= 4 is 8.07 Å². The van der Waals surface area contributed by atoms with Crippen LogP contribution in [-0.2, 0) is 0 Å². The highest BCUT2D eigenvalue weighted by atomic mass is 28.3. The summed E-state index contributed by atoms with van der Waals surface area (Å²) in [6, 6.07) is 0. The second kappa shape index (κ2) is 12.2. The standard InChI is InChI=1S/C33H62Si/c1-7-24-22-31(23-25(8-2)33(24)9-3)30-16-14-27(15-17-30)26-10-12-28(13-11-26)29-18-20-32(21-19-29)34(4,5)6/h24-33H,7-23H2,1-6H3. The van der Waals surface area contributed by atoms with Crippen LogP contribution >= 0.6 is 0 Å². The molecule has 34 heavy (non-hydrogen) atoms. The van der Waals surface area contributed by atoms with E-state index in [1.54, 1.807) is 89.9 Å². The summed E-state index contributed by atoms with van der Waals surface area (Å²) in [5.41, 5.74) is 1.12. The molecule has 0 amide bonds. The molecule has 0 aliphatic heterocycles. The molecule has 2 unspecified atom stereocenters. The van der Waals surface area contributed by atoms with E-state index in [1.807, 2.05) is 0 Å². The van der Waals surface area contributed by atoms with E-state index in [4.69, 9.17) is 0 Å². The molecule has 198 valence electrons. The third-order valence-corrected chi connectivity index (χ3v) is 15.6. The fraction of sp³-hybridized carbons (Fsp3) is 1.00. The average molecular weight is 487 g/mol. The van der Waals surface area contributed by atoms with Gasteiger partial charge in [0.25, 0.3) is 0 Å². The van der Waals surface area contributed by atoms with Crippen molar-refractivity contribution in [2.75, 3.05) is 0 Å². The fourth-order valence-corrected chi connectivity index (χ4v) is 12.3. The molecule has 0 N–H and O–H groups in total. The molecule has 1 heteroatoms. The van der Waals surface area contributed by atoms with E-state index in [9.17, 15) is 0 Å². The lowest BCUT2D eigenvalue weighted by atomic mass is 9.59. The summed E-state index contributed by atoms with van der Waals surface area (Å²) in [7, 11) is -0.905. The van der Waals surface area contributed by atoms with Crippen LogP contribution in [0.3, 0.4) is 0 Å². The molecular formula is C33H62Si. The van der Waals surface area contributed by atoms with E-state index in [0.29, 0.717) is 0 Å². The topological polar surface area (TPSA) is 0 Å². The number of rotatable bonds is 7. The third-order valence-electron chi connectivity index (χ3n) is 12.6. The first kappa shape index (κ1) is 27.3. The second-order valence-corrected chi connectivity index (χ2v) is 20.5. The SMILES string of the molecule is CCC1CC(C2CCC(C3CCC(C4CCC([Si](C)(C)C)CC4)CC3)CC2)CC(CC)C1CC. The highest BCUT2D eigenvalue weighted by Crippen LogP contribution is 2.51. The summed E-state index contributed by atoms with van der Waals surface area (Å²) >= 11 is 0. The predicted molar refractivity (Wildman–Crippen MR) is 154 cm³/mol. The maximum atomic E-state index is 2.61. The highest BCUT2D eigenvalue weighted by Gasteiger charge is 2.41. The molecule has 4 aliphatic rings. The summed E-state index contributed by atoms with van der Waals surface area (Å²) in [5.74, 6) is 9.62. The van der Waals surface area contributed by atoms with E-state index in [0.717, 1.165) is 58.8 Å². The minimum Gasteiger partial charge on any atom is -0.0693 e. The largest absolute Gasteiger partial charge is 0.0693 e. The third kappa shape index (κ3) is 6.37. The molecule has 0 nitrogen and oxygen atoms in total. The second-order valence-electron chi connectivity index (χ2n) is 15.0. The van der Waals surface area contributed by atoms with Gasteiger partial charge in [-0.1, -0.05) is 85.4 Å². The van der Waals surface area contributed by atoms with Crippen LogP contribution in [0.1, 0.15) is 130 Å². The number of hydrogen-bond acceptors (Lipinski definition) is 0. The van der Waals surface area contributed by atoms with E-state index in [2.05, 4.69) is 40.4 Å². The predicted octanol–water partition coefficient (Wildman–Crippen LogP) is 11.0. The van der Waals surface area contributed by atoms with Crippen molar-refractivity contribution in [3.63, 3.8) is 0 Å². The molecule has 4 aliphatic carbocycles. The first-order chi connectivity index (χ1) is 16.3. The normalized spacial score (nSPS) is 44.6. The van der Waals surface area contributed by atoms with Crippen LogP contribution in [-0.4, -0.2) is 8.07 Å². The summed E-state index contributed by atoms with van der Waals surface area (Å²) in [6.07, 6.45) is 26.4. The van der Waals surface area contributed by atoms with Gasteiger partial charge in [-0.15, -0.1) is 0 Å². The van der Waals surface area contributed by atoms with Crippen molar-refractivity contribution in [2.24, 2.45) is 53.3 Å². The van der Waals surface area contributed by atoms with Crippen molar-refractivity contribution in [3.8, 4) is 0 Å². The Kier molecular flexibility index (Phi) is 9.76. The van der Waals surface area contributed by atoms with Crippen molar-refractivity contribution in [1.82, 2.24) is 0 Å². The Morgan fingerprint density at radius 2 is 0.765 bits per heavy atom. The van der Waals surface area contributed by atoms with Crippen LogP contribution in [0, 0.1) is 53.3 Å². The van der Waals surface area contributed by atoms with Crippen LogP contribution in [0.15, 0.2) is 0 Å². The fourth-order valence-electron chi connectivity index (χ4n) is 10.2. The molecule has 0 radical (unpaired) electrons. The van der Waals surface area contributed by atoms with Crippen LogP contribution < -0.4 is 0 Å². The van der Waals surface area contributed by atoms with E-state index in [-0.39, 0.29) is 0 Å². The van der Waals surface area contributed by atoms with Crippen molar-refractivity contribution in [2.45, 2.75) is 155 Å². The van der Waals surface area contributed by atoms with Gasteiger partial charge >= 0.3 is 0 Å². The minimum atomic E-state index is -0.905. The quantitative estimate of drug-likeness (QED) is 0.314. The summed E-state index contributed by atoms with van der Waals surface area (Å²) in [4.78, 5) is 0. The Labute approximate surface area is 216 Å². The Balaban J connectivity index is 1.20. The van der Waals surface area contributed by atoms with Gasteiger partial charge in [0.15, 0.2) is 0 Å². The average Bonchev–Trinajstić information content (AvgIpc) is 2.87. The molecule has 4 fully saturated rings. The van der Waals surface area contributed by atoms with Gasteiger partial charge in [-0.05, 0) is 123 Å². The first-order valence-corrected chi connectivity index (χ1v) is 19.9. The summed E-state index contributed by atoms with van der Waals surface area (Å²) in [6.45, 7) is 15.3. The van der Waals surface area contributed by atoms with Crippen molar-refractivity contribution in [3.05, 3.63) is 0 Å². The molecule has 0 saturated heterocycles. The monoisotopic (exact) mass is 486 g/mol. The first-order valence-electron chi connectivity index (χ1n) is 16.3. The smallest absolute Gasteiger partial charge is 0.0473 e. The summed E-state index contributed by atoms with van der Waals surface area (Å²) < 4.78 is 0. The van der Waals surface area contributed by atoms with Crippen LogP contribution in [0.2, 0.25) is 25.2 Å². The molecule has 0 aromatic heterocycles. The van der Waals surface area contributed by atoms with Crippen LogP contribution in [0.4, 0.5) is 0 Å².